The molecule has 1 fully saturated rings. The first-order chi connectivity index (χ1) is 15.2. The van der Waals surface area contributed by atoms with Gasteiger partial charge in [0, 0.05) is 61.2 Å². The lowest BCUT2D eigenvalue weighted by atomic mass is 9.93. The van der Waals surface area contributed by atoms with Crippen molar-refractivity contribution in [3.8, 4) is 33.6 Å². The summed E-state index contributed by atoms with van der Waals surface area (Å²) in [4.78, 5) is 9.25. The van der Waals surface area contributed by atoms with Crippen molar-refractivity contribution in [1.82, 2.24) is 29.5 Å². The third-order valence-electron chi connectivity index (χ3n) is 6.10. The summed E-state index contributed by atoms with van der Waals surface area (Å²) in [5.41, 5.74) is 5.18. The molecule has 7 nitrogen and oxygen atoms in total. The van der Waals surface area contributed by atoms with E-state index in [1.54, 1.807) is 11.8 Å². The Morgan fingerprint density at radius 3 is 2.23 bits per heavy atom. The Hall–Kier alpha value is -3.32. The molecule has 1 aliphatic carbocycles. The molecule has 0 radical (unpaired) electrons. The number of aryl methyl sites for hydroxylation is 1. The molecule has 7 heteroatoms. The van der Waals surface area contributed by atoms with Crippen molar-refractivity contribution in [2.24, 2.45) is 7.05 Å². The highest BCUT2D eigenvalue weighted by Crippen LogP contribution is 2.31. The molecule has 0 spiro atoms. The highest BCUT2D eigenvalue weighted by molar-refractivity contribution is 5.70. The minimum absolute atomic E-state index is 0.392. The Morgan fingerprint density at radius 2 is 1.52 bits per heavy atom. The SMILES string of the molecule is COC1CCC(n2cc(-c3cnc(-c4cccc(-c5cnn(C)c5)c4)nc3)cn2)CC1. The summed E-state index contributed by atoms with van der Waals surface area (Å²) >= 11 is 0. The molecular weight excluding hydrogens is 388 g/mol. The zero-order valence-corrected chi connectivity index (χ0v) is 17.8. The van der Waals surface area contributed by atoms with Crippen LogP contribution in [0.2, 0.25) is 0 Å². The topological polar surface area (TPSA) is 70.7 Å². The van der Waals surface area contributed by atoms with E-state index in [9.17, 15) is 0 Å². The lowest BCUT2D eigenvalue weighted by Gasteiger charge is -2.27. The predicted octanol–water partition coefficient (Wildman–Crippen LogP) is 4.54. The van der Waals surface area contributed by atoms with Crippen molar-refractivity contribution >= 4 is 0 Å². The lowest BCUT2D eigenvalue weighted by Crippen LogP contribution is -2.22. The van der Waals surface area contributed by atoms with Crippen LogP contribution < -0.4 is 0 Å². The fraction of sp³-hybridized carbons (Fsp3) is 0.333. The van der Waals surface area contributed by atoms with E-state index in [4.69, 9.17) is 4.74 Å². The van der Waals surface area contributed by atoms with Gasteiger partial charge in [-0.2, -0.15) is 10.2 Å². The van der Waals surface area contributed by atoms with Crippen LogP contribution >= 0.6 is 0 Å². The van der Waals surface area contributed by atoms with E-state index in [-0.39, 0.29) is 0 Å². The summed E-state index contributed by atoms with van der Waals surface area (Å²) in [5.74, 6) is 0.708. The fourth-order valence-electron chi connectivity index (χ4n) is 4.27. The lowest BCUT2D eigenvalue weighted by molar-refractivity contribution is 0.0568. The first kappa shape index (κ1) is 19.6. The average Bonchev–Trinajstić information content (AvgIpc) is 3.49. The van der Waals surface area contributed by atoms with Gasteiger partial charge in [0.2, 0.25) is 0 Å². The number of nitrogens with zero attached hydrogens (tertiary/aromatic N) is 6. The molecule has 0 aliphatic heterocycles. The Labute approximate surface area is 181 Å². The van der Waals surface area contributed by atoms with Crippen LogP contribution in [0.4, 0.5) is 0 Å². The maximum atomic E-state index is 5.48. The van der Waals surface area contributed by atoms with E-state index in [2.05, 4.69) is 43.2 Å². The van der Waals surface area contributed by atoms with Gasteiger partial charge >= 0.3 is 0 Å². The predicted molar refractivity (Wildman–Crippen MR) is 119 cm³/mol. The monoisotopic (exact) mass is 414 g/mol. The van der Waals surface area contributed by atoms with Crippen molar-refractivity contribution in [3.63, 3.8) is 0 Å². The second kappa shape index (κ2) is 8.43. The molecule has 0 atom stereocenters. The van der Waals surface area contributed by atoms with E-state index >= 15 is 0 Å². The average molecular weight is 415 g/mol. The van der Waals surface area contributed by atoms with E-state index in [1.807, 2.05) is 50.2 Å². The molecule has 0 amide bonds. The molecule has 5 rings (SSSR count). The van der Waals surface area contributed by atoms with Gasteiger partial charge in [-0.25, -0.2) is 9.97 Å². The summed E-state index contributed by atoms with van der Waals surface area (Å²) in [6.07, 6.45) is 16.4. The molecule has 1 saturated carbocycles. The Bertz CT molecular complexity index is 1150. The van der Waals surface area contributed by atoms with Crippen molar-refractivity contribution in [1.29, 1.82) is 0 Å². The normalized spacial score (nSPS) is 18.9. The maximum absolute atomic E-state index is 5.48. The summed E-state index contributed by atoms with van der Waals surface area (Å²) in [5, 5.41) is 8.86. The number of hydrogen-bond acceptors (Lipinski definition) is 5. The van der Waals surface area contributed by atoms with Crippen LogP contribution in [0.1, 0.15) is 31.7 Å². The van der Waals surface area contributed by atoms with Crippen LogP contribution in [0.25, 0.3) is 33.6 Å². The highest BCUT2D eigenvalue weighted by atomic mass is 16.5. The largest absolute Gasteiger partial charge is 0.381 e. The second-order valence-corrected chi connectivity index (χ2v) is 8.15. The Morgan fingerprint density at radius 1 is 0.806 bits per heavy atom. The van der Waals surface area contributed by atoms with Crippen molar-refractivity contribution in [3.05, 3.63) is 61.4 Å². The zero-order valence-electron chi connectivity index (χ0n) is 17.8. The van der Waals surface area contributed by atoms with Crippen LogP contribution in [0.15, 0.2) is 61.4 Å². The van der Waals surface area contributed by atoms with Gasteiger partial charge < -0.3 is 4.74 Å². The molecule has 0 N–H and O–H groups in total. The summed E-state index contributed by atoms with van der Waals surface area (Å²) in [7, 11) is 3.72. The van der Waals surface area contributed by atoms with Gasteiger partial charge in [0.25, 0.3) is 0 Å². The minimum Gasteiger partial charge on any atom is -0.381 e. The van der Waals surface area contributed by atoms with Crippen LogP contribution in [-0.2, 0) is 11.8 Å². The molecule has 3 aromatic heterocycles. The molecule has 1 aromatic carbocycles. The van der Waals surface area contributed by atoms with Gasteiger partial charge in [-0.15, -0.1) is 0 Å². The minimum atomic E-state index is 0.392. The van der Waals surface area contributed by atoms with Crippen molar-refractivity contribution < 1.29 is 4.74 Å². The highest BCUT2D eigenvalue weighted by Gasteiger charge is 2.22. The number of ether oxygens (including phenoxy) is 1. The van der Waals surface area contributed by atoms with Gasteiger partial charge in [-0.05, 0) is 37.3 Å². The standard InChI is InChI=1S/C24H26N6O/c1-29-15-20(13-27-29)17-4-3-5-18(10-17)24-25-11-19(12-26-24)21-14-28-30(16-21)22-6-8-23(31-2)9-7-22/h3-5,10-16,22-23H,6-9H2,1-2H3. The fourth-order valence-corrected chi connectivity index (χ4v) is 4.27. The number of methoxy groups -OCH3 is 1. The quantitative estimate of drug-likeness (QED) is 0.480. The molecule has 3 heterocycles. The van der Waals surface area contributed by atoms with Gasteiger partial charge in [0.15, 0.2) is 5.82 Å². The first-order valence-corrected chi connectivity index (χ1v) is 10.7. The van der Waals surface area contributed by atoms with Crippen molar-refractivity contribution in [2.75, 3.05) is 7.11 Å². The molecule has 1 aliphatic rings. The second-order valence-electron chi connectivity index (χ2n) is 8.15. The van der Waals surface area contributed by atoms with E-state index < -0.39 is 0 Å². The number of hydrogen-bond donors (Lipinski definition) is 0. The van der Waals surface area contributed by atoms with Gasteiger partial charge in [0.1, 0.15) is 0 Å². The van der Waals surface area contributed by atoms with Crippen LogP contribution in [0.5, 0.6) is 0 Å². The van der Waals surface area contributed by atoms with Crippen LogP contribution in [-0.4, -0.2) is 42.7 Å². The third kappa shape index (κ3) is 4.14. The van der Waals surface area contributed by atoms with Crippen LogP contribution in [0.3, 0.4) is 0 Å². The zero-order chi connectivity index (χ0) is 21.2. The third-order valence-corrected chi connectivity index (χ3v) is 6.10. The number of aromatic nitrogens is 6. The number of benzene rings is 1. The molecular formula is C24H26N6O. The smallest absolute Gasteiger partial charge is 0.159 e. The van der Waals surface area contributed by atoms with Gasteiger partial charge in [0.05, 0.1) is 24.5 Å². The summed E-state index contributed by atoms with van der Waals surface area (Å²) < 4.78 is 9.37. The van der Waals surface area contributed by atoms with E-state index in [1.165, 1.54) is 0 Å². The molecule has 158 valence electrons. The Balaban J connectivity index is 1.33. The van der Waals surface area contributed by atoms with Gasteiger partial charge in [-0.3, -0.25) is 9.36 Å². The molecule has 0 unspecified atom stereocenters. The molecule has 4 aromatic rings. The van der Waals surface area contributed by atoms with Crippen LogP contribution in [0, 0.1) is 0 Å². The summed E-state index contributed by atoms with van der Waals surface area (Å²) in [6, 6.07) is 8.67. The Kier molecular flexibility index (Phi) is 5.34. The van der Waals surface area contributed by atoms with E-state index in [0.29, 0.717) is 18.0 Å². The van der Waals surface area contributed by atoms with Gasteiger partial charge in [-0.1, -0.05) is 18.2 Å². The first-order valence-electron chi connectivity index (χ1n) is 10.7. The number of rotatable bonds is 5. The molecule has 0 bridgehead atoms. The molecule has 31 heavy (non-hydrogen) atoms. The maximum Gasteiger partial charge on any atom is 0.159 e. The summed E-state index contributed by atoms with van der Waals surface area (Å²) in [6.45, 7) is 0. The molecule has 0 saturated heterocycles. The van der Waals surface area contributed by atoms with E-state index in [0.717, 1.165) is 53.5 Å². The van der Waals surface area contributed by atoms with Crippen molar-refractivity contribution in [2.45, 2.75) is 37.8 Å².